The average Bonchev–Trinajstić information content (AvgIpc) is 3.06. The van der Waals surface area contributed by atoms with Crippen LogP contribution >= 0.6 is 11.6 Å². The third-order valence-electron chi connectivity index (χ3n) is 2.64. The lowest BCUT2D eigenvalue weighted by molar-refractivity contribution is 0.546. The highest BCUT2D eigenvalue weighted by atomic mass is 35.5. The van der Waals surface area contributed by atoms with Gasteiger partial charge in [-0.15, -0.1) is 0 Å². The zero-order valence-electron chi connectivity index (χ0n) is 9.83. The van der Waals surface area contributed by atoms with Crippen LogP contribution in [-0.2, 0) is 16.6 Å². The van der Waals surface area contributed by atoms with Gasteiger partial charge >= 0.3 is 0 Å². The summed E-state index contributed by atoms with van der Waals surface area (Å²) in [5.41, 5.74) is 0.237. The molecule has 0 aliphatic heterocycles. The normalized spacial score (nSPS) is 15.9. The zero-order chi connectivity index (χ0) is 13.3. The summed E-state index contributed by atoms with van der Waals surface area (Å²) in [6.45, 7) is 0.221. The predicted octanol–water partition coefficient (Wildman–Crippen LogP) is 1.64. The summed E-state index contributed by atoms with van der Waals surface area (Å²) in [7, 11) is -2.18. The SMILES string of the molecule is CNCc1cc(Cl)cc(S(=O)(=O)NC2CC2)c1F. The topological polar surface area (TPSA) is 58.2 Å². The Kier molecular flexibility index (Phi) is 3.91. The van der Waals surface area contributed by atoms with Crippen molar-refractivity contribution in [3.8, 4) is 0 Å². The molecule has 2 rings (SSSR count). The quantitative estimate of drug-likeness (QED) is 0.867. The van der Waals surface area contributed by atoms with E-state index in [1.54, 1.807) is 7.05 Å². The van der Waals surface area contributed by atoms with Gasteiger partial charge in [0.2, 0.25) is 10.0 Å². The molecule has 0 radical (unpaired) electrons. The number of benzene rings is 1. The second-order valence-electron chi connectivity index (χ2n) is 4.30. The molecule has 0 amide bonds. The second kappa shape index (κ2) is 5.13. The zero-order valence-corrected chi connectivity index (χ0v) is 11.4. The lowest BCUT2D eigenvalue weighted by Gasteiger charge is -2.10. The van der Waals surface area contributed by atoms with E-state index in [4.69, 9.17) is 11.6 Å². The van der Waals surface area contributed by atoms with E-state index in [1.165, 1.54) is 6.07 Å². The highest BCUT2D eigenvalue weighted by molar-refractivity contribution is 7.89. The molecule has 1 saturated carbocycles. The summed E-state index contributed by atoms with van der Waals surface area (Å²) < 4.78 is 40.5. The number of hydrogen-bond acceptors (Lipinski definition) is 3. The van der Waals surface area contributed by atoms with Crippen LogP contribution in [0.15, 0.2) is 17.0 Å². The maximum Gasteiger partial charge on any atom is 0.243 e. The van der Waals surface area contributed by atoms with Crippen LogP contribution in [0.4, 0.5) is 4.39 Å². The lowest BCUT2D eigenvalue weighted by atomic mass is 10.2. The molecule has 0 unspecified atom stereocenters. The molecule has 0 heterocycles. The van der Waals surface area contributed by atoms with Crippen molar-refractivity contribution in [2.75, 3.05) is 7.05 Å². The van der Waals surface area contributed by atoms with Gasteiger partial charge in [-0.3, -0.25) is 0 Å². The molecule has 7 heteroatoms. The standard InChI is InChI=1S/C11H14ClFN2O2S/c1-14-6-7-4-8(12)5-10(11(7)13)18(16,17)15-9-2-3-9/h4-5,9,14-15H,2-3,6H2,1H3. The highest BCUT2D eigenvalue weighted by Gasteiger charge is 2.30. The Labute approximate surface area is 111 Å². The Bertz CT molecular complexity index is 558. The van der Waals surface area contributed by atoms with Gasteiger partial charge in [-0.05, 0) is 32.0 Å². The van der Waals surface area contributed by atoms with E-state index in [1.807, 2.05) is 0 Å². The van der Waals surface area contributed by atoms with E-state index >= 15 is 0 Å². The molecule has 2 N–H and O–H groups in total. The maximum atomic E-state index is 14.1. The van der Waals surface area contributed by atoms with Crippen molar-refractivity contribution in [1.29, 1.82) is 0 Å². The van der Waals surface area contributed by atoms with Crippen LogP contribution < -0.4 is 10.0 Å². The van der Waals surface area contributed by atoms with Crippen LogP contribution in [0, 0.1) is 5.82 Å². The fraction of sp³-hybridized carbons (Fsp3) is 0.455. The van der Waals surface area contributed by atoms with Crippen molar-refractivity contribution in [2.24, 2.45) is 0 Å². The first-order chi connectivity index (χ1) is 8.44. The summed E-state index contributed by atoms with van der Waals surface area (Å²) in [4.78, 5) is -0.382. The summed E-state index contributed by atoms with van der Waals surface area (Å²) in [6, 6.07) is 2.49. The summed E-state index contributed by atoms with van der Waals surface area (Å²) in [6.07, 6.45) is 1.59. The Morgan fingerprint density at radius 1 is 1.44 bits per heavy atom. The first-order valence-electron chi connectivity index (χ1n) is 5.59. The number of sulfonamides is 1. The van der Waals surface area contributed by atoms with Crippen LogP contribution in [0.2, 0.25) is 5.02 Å². The van der Waals surface area contributed by atoms with Gasteiger partial charge in [-0.2, -0.15) is 0 Å². The van der Waals surface area contributed by atoms with Gasteiger partial charge in [-0.1, -0.05) is 11.6 Å². The third kappa shape index (κ3) is 3.00. The van der Waals surface area contributed by atoms with Gasteiger partial charge in [0.1, 0.15) is 10.7 Å². The fourth-order valence-corrected chi connectivity index (χ4v) is 3.37. The molecule has 0 saturated heterocycles. The van der Waals surface area contributed by atoms with Crippen molar-refractivity contribution in [2.45, 2.75) is 30.3 Å². The molecule has 0 spiro atoms. The van der Waals surface area contributed by atoms with E-state index in [0.29, 0.717) is 0 Å². The number of nitrogens with one attached hydrogen (secondary N) is 2. The number of rotatable bonds is 5. The van der Waals surface area contributed by atoms with Gasteiger partial charge in [0, 0.05) is 23.2 Å². The molecule has 1 aromatic carbocycles. The van der Waals surface area contributed by atoms with Gasteiger partial charge in [0.25, 0.3) is 0 Å². The van der Waals surface area contributed by atoms with E-state index in [9.17, 15) is 12.8 Å². The van der Waals surface area contributed by atoms with E-state index < -0.39 is 15.8 Å². The minimum absolute atomic E-state index is 0.0684. The molecular weight excluding hydrogens is 279 g/mol. The van der Waals surface area contributed by atoms with Crippen molar-refractivity contribution < 1.29 is 12.8 Å². The predicted molar refractivity (Wildman–Crippen MR) is 67.5 cm³/mol. The first-order valence-corrected chi connectivity index (χ1v) is 7.45. The third-order valence-corrected chi connectivity index (χ3v) is 4.37. The molecule has 0 atom stereocenters. The summed E-state index contributed by atoms with van der Waals surface area (Å²) in [5, 5.41) is 2.98. The Morgan fingerprint density at radius 3 is 2.67 bits per heavy atom. The lowest BCUT2D eigenvalue weighted by Crippen LogP contribution is -2.27. The molecule has 1 aromatic rings. The molecular formula is C11H14ClFN2O2S. The molecule has 18 heavy (non-hydrogen) atoms. The average molecular weight is 293 g/mol. The van der Waals surface area contributed by atoms with Crippen LogP contribution in [0.5, 0.6) is 0 Å². The number of hydrogen-bond donors (Lipinski definition) is 2. The van der Waals surface area contributed by atoms with Crippen LogP contribution in [0.1, 0.15) is 18.4 Å². The highest BCUT2D eigenvalue weighted by Crippen LogP contribution is 2.27. The Hall–Kier alpha value is -0.690. The molecule has 4 nitrogen and oxygen atoms in total. The Balaban J connectivity index is 2.42. The molecule has 1 fully saturated rings. The van der Waals surface area contributed by atoms with Crippen molar-refractivity contribution >= 4 is 21.6 Å². The molecule has 100 valence electrons. The van der Waals surface area contributed by atoms with Gasteiger partial charge in [0.05, 0.1) is 0 Å². The minimum atomic E-state index is -3.83. The van der Waals surface area contributed by atoms with E-state index in [2.05, 4.69) is 10.0 Å². The minimum Gasteiger partial charge on any atom is -0.316 e. The largest absolute Gasteiger partial charge is 0.316 e. The monoisotopic (exact) mass is 292 g/mol. The van der Waals surface area contributed by atoms with Crippen LogP contribution in [-0.4, -0.2) is 21.5 Å². The van der Waals surface area contributed by atoms with Gasteiger partial charge in [-0.25, -0.2) is 17.5 Å². The van der Waals surface area contributed by atoms with Crippen molar-refractivity contribution in [3.63, 3.8) is 0 Å². The van der Waals surface area contributed by atoms with Crippen LogP contribution in [0.3, 0.4) is 0 Å². The molecule has 0 bridgehead atoms. The second-order valence-corrected chi connectivity index (χ2v) is 6.42. The smallest absolute Gasteiger partial charge is 0.243 e. The first kappa shape index (κ1) is 13.7. The Morgan fingerprint density at radius 2 is 2.11 bits per heavy atom. The fourth-order valence-electron chi connectivity index (χ4n) is 1.62. The molecule has 1 aliphatic carbocycles. The van der Waals surface area contributed by atoms with Gasteiger partial charge < -0.3 is 5.32 Å². The molecule has 0 aromatic heterocycles. The summed E-state index contributed by atoms with van der Waals surface area (Å²) in [5.74, 6) is -0.748. The van der Waals surface area contributed by atoms with Crippen LogP contribution in [0.25, 0.3) is 0 Å². The number of halogens is 2. The maximum absolute atomic E-state index is 14.1. The van der Waals surface area contributed by atoms with E-state index in [-0.39, 0.29) is 28.1 Å². The summed E-state index contributed by atoms with van der Waals surface area (Å²) >= 11 is 5.83. The van der Waals surface area contributed by atoms with Crippen molar-refractivity contribution in [3.05, 3.63) is 28.5 Å². The van der Waals surface area contributed by atoms with E-state index in [0.717, 1.165) is 18.9 Å². The van der Waals surface area contributed by atoms with Crippen molar-refractivity contribution in [1.82, 2.24) is 10.0 Å². The van der Waals surface area contributed by atoms with Gasteiger partial charge in [0.15, 0.2) is 0 Å². The molecule has 1 aliphatic rings.